The highest BCUT2D eigenvalue weighted by molar-refractivity contribution is 5.94. The van der Waals surface area contributed by atoms with Gasteiger partial charge in [-0.3, -0.25) is 9.18 Å². The minimum absolute atomic E-state index is 0.148. The van der Waals surface area contributed by atoms with Crippen molar-refractivity contribution in [2.24, 2.45) is 0 Å². The summed E-state index contributed by atoms with van der Waals surface area (Å²) >= 11 is 0. The lowest BCUT2D eigenvalue weighted by Gasteiger charge is -2.21. The van der Waals surface area contributed by atoms with E-state index < -0.39 is 99.5 Å². The van der Waals surface area contributed by atoms with Crippen molar-refractivity contribution in [3.05, 3.63) is 70.1 Å². The van der Waals surface area contributed by atoms with Gasteiger partial charge in [-0.1, -0.05) is 51.0 Å². The second-order valence-corrected chi connectivity index (χ2v) is 10.5. The summed E-state index contributed by atoms with van der Waals surface area (Å²) in [6, 6.07) is 0. The van der Waals surface area contributed by atoms with Crippen molar-refractivity contribution in [1.29, 1.82) is 0 Å². The zero-order valence-corrected chi connectivity index (χ0v) is 23.9. The van der Waals surface area contributed by atoms with Crippen LogP contribution in [0.5, 0.6) is 0 Å². The smallest absolute Gasteiger partial charge is 0.366 e. The number of allylic oxidation sites excluding steroid dienone is 1. The normalized spacial score (nSPS) is 14.9. The molecule has 13 heteroatoms. The second-order valence-electron chi connectivity index (χ2n) is 10.5. The number of halogens is 8. The number of amides is 1. The molecule has 44 heavy (non-hydrogen) atoms. The van der Waals surface area contributed by atoms with Gasteiger partial charge in [0.1, 0.15) is 11.4 Å². The fraction of sp³-hybridized carbons (Fsp3) is 0.484. The van der Waals surface area contributed by atoms with Crippen LogP contribution in [0.25, 0.3) is 11.1 Å². The van der Waals surface area contributed by atoms with Crippen molar-refractivity contribution in [2.45, 2.75) is 89.7 Å². The van der Waals surface area contributed by atoms with E-state index in [1.807, 2.05) is 0 Å². The molecular formula is C31H33F8NO4. The van der Waals surface area contributed by atoms with Gasteiger partial charge in [-0.05, 0) is 25.7 Å². The van der Waals surface area contributed by atoms with Crippen LogP contribution in [-0.4, -0.2) is 34.9 Å². The molecule has 5 nitrogen and oxygen atoms in total. The molecule has 2 aromatic carbocycles. The molecule has 1 amide bonds. The molecule has 242 valence electrons. The number of unbranched alkanes of at least 4 members (excludes halogenated alkanes) is 8. The number of alkyl halides is 1. The third-order valence-electron chi connectivity index (χ3n) is 7.45. The van der Waals surface area contributed by atoms with Crippen LogP contribution in [0.3, 0.4) is 0 Å². The van der Waals surface area contributed by atoms with Gasteiger partial charge in [0.05, 0.1) is 17.8 Å². The topological polar surface area (TPSA) is 66.8 Å². The van der Waals surface area contributed by atoms with Crippen molar-refractivity contribution >= 4 is 11.9 Å². The Morgan fingerprint density at radius 2 is 1.27 bits per heavy atom. The van der Waals surface area contributed by atoms with E-state index in [4.69, 9.17) is 0 Å². The molecule has 0 radical (unpaired) electrons. The molecule has 0 saturated carbocycles. The molecule has 1 aliphatic rings. The number of hydroxylamine groups is 2. The van der Waals surface area contributed by atoms with Crippen LogP contribution in [0.15, 0.2) is 12.7 Å². The van der Waals surface area contributed by atoms with E-state index in [2.05, 4.69) is 11.4 Å². The lowest BCUT2D eigenvalue weighted by atomic mass is 9.92. The second kappa shape index (κ2) is 16.0. The summed E-state index contributed by atoms with van der Waals surface area (Å²) in [6.07, 6.45) is 3.87. The lowest BCUT2D eigenvalue weighted by Crippen LogP contribution is -2.35. The van der Waals surface area contributed by atoms with Crippen LogP contribution in [0.4, 0.5) is 35.1 Å². The quantitative estimate of drug-likeness (QED) is 0.0877. The highest BCUT2D eigenvalue weighted by Crippen LogP contribution is 2.39. The van der Waals surface area contributed by atoms with E-state index in [1.54, 1.807) is 0 Å². The summed E-state index contributed by atoms with van der Waals surface area (Å²) in [6.45, 7) is 2.94. The fourth-order valence-electron chi connectivity index (χ4n) is 5.12. The van der Waals surface area contributed by atoms with E-state index in [0.717, 1.165) is 38.2 Å². The maximum atomic E-state index is 15.6. The number of carbonyl (C=O) groups is 2. The van der Waals surface area contributed by atoms with Gasteiger partial charge in [-0.2, -0.15) is 0 Å². The maximum absolute atomic E-state index is 15.6. The van der Waals surface area contributed by atoms with E-state index in [-0.39, 0.29) is 31.0 Å². The lowest BCUT2D eigenvalue weighted by molar-refractivity contribution is -0.191. The molecular weight excluding hydrogens is 602 g/mol. The first-order valence-corrected chi connectivity index (χ1v) is 14.4. The van der Waals surface area contributed by atoms with E-state index in [9.17, 15) is 27.9 Å². The number of benzene rings is 2. The Morgan fingerprint density at radius 3 is 1.77 bits per heavy atom. The highest BCUT2D eigenvalue weighted by Gasteiger charge is 2.38. The molecule has 1 N–H and O–H groups in total. The van der Waals surface area contributed by atoms with Gasteiger partial charge < -0.3 is 9.94 Å². The van der Waals surface area contributed by atoms with Gasteiger partial charge in [-0.15, -0.1) is 11.6 Å². The zero-order valence-electron chi connectivity index (χ0n) is 23.9. The number of carbonyl (C=O) groups excluding carboxylic acids is 2. The molecule has 0 aromatic heterocycles. The van der Waals surface area contributed by atoms with Crippen molar-refractivity contribution in [1.82, 2.24) is 5.06 Å². The van der Waals surface area contributed by atoms with Crippen LogP contribution in [0.2, 0.25) is 0 Å². The van der Waals surface area contributed by atoms with E-state index >= 15 is 22.0 Å². The third-order valence-corrected chi connectivity index (χ3v) is 7.45. The largest absolute Gasteiger partial charge is 0.370 e. The molecule has 1 saturated heterocycles. The van der Waals surface area contributed by atoms with E-state index in [1.165, 1.54) is 0 Å². The number of rotatable bonds is 16. The number of hydrogen-bond acceptors (Lipinski definition) is 4. The van der Waals surface area contributed by atoms with Crippen LogP contribution in [0.1, 0.15) is 92.1 Å². The van der Waals surface area contributed by atoms with Gasteiger partial charge in [0.2, 0.25) is 0 Å². The number of aliphatic hydroxyl groups excluding tert-OH is 1. The van der Waals surface area contributed by atoms with Crippen molar-refractivity contribution in [3.63, 3.8) is 0 Å². The number of nitrogens with zero attached hydrogens (tertiary/aromatic N) is 1. The molecule has 1 fully saturated rings. The van der Waals surface area contributed by atoms with Crippen molar-refractivity contribution in [2.75, 3.05) is 6.67 Å². The standard InChI is InChI=1S/C31H33F8NO4/c1-2-12-17-21(31(43)44-40-19(41)14-15-20(40)42)27(36)30(39)22(24(17)33)23-28(37)25(34)18(26(35)29(23)38)13-10-8-6-4-3-5-7-9-11-16-32/h2,19,41H,1,3-16H2. The van der Waals surface area contributed by atoms with Gasteiger partial charge in [-0.25, -0.2) is 35.5 Å². The maximum Gasteiger partial charge on any atom is 0.366 e. The molecule has 0 aliphatic carbocycles. The first kappa shape index (κ1) is 35.0. The minimum Gasteiger partial charge on any atom is -0.370 e. The van der Waals surface area contributed by atoms with E-state index in [0.29, 0.717) is 19.3 Å². The first-order chi connectivity index (χ1) is 21.0. The van der Waals surface area contributed by atoms with Crippen molar-refractivity contribution < 1.29 is 54.7 Å². The Kier molecular flexibility index (Phi) is 12.7. The van der Waals surface area contributed by atoms with Gasteiger partial charge in [0.25, 0.3) is 5.91 Å². The average Bonchev–Trinajstić information content (AvgIpc) is 3.31. The molecule has 0 bridgehead atoms. The predicted molar refractivity (Wildman–Crippen MR) is 144 cm³/mol. The fourth-order valence-corrected chi connectivity index (χ4v) is 5.12. The average molecular weight is 636 g/mol. The Labute approximate surface area is 249 Å². The molecule has 3 rings (SSSR count). The Balaban J connectivity index is 1.89. The summed E-state index contributed by atoms with van der Waals surface area (Å²) in [5, 5.41) is 9.96. The van der Waals surface area contributed by atoms with Gasteiger partial charge in [0.15, 0.2) is 41.1 Å². The minimum atomic E-state index is -2.34. The summed E-state index contributed by atoms with van der Waals surface area (Å²) in [4.78, 5) is 29.1. The van der Waals surface area contributed by atoms with Crippen LogP contribution in [0, 0.1) is 40.7 Å². The molecule has 1 atom stereocenters. The molecule has 2 aromatic rings. The summed E-state index contributed by atoms with van der Waals surface area (Å²) in [5.41, 5.74) is -7.05. The number of hydrogen-bond donors (Lipinski definition) is 1. The zero-order chi connectivity index (χ0) is 32.6. The predicted octanol–water partition coefficient (Wildman–Crippen LogP) is 8.09. The van der Waals surface area contributed by atoms with Crippen LogP contribution < -0.4 is 0 Å². The monoisotopic (exact) mass is 635 g/mol. The summed E-state index contributed by atoms with van der Waals surface area (Å²) in [5.74, 6) is -17.2. The Bertz CT molecular complexity index is 1350. The molecule has 1 heterocycles. The van der Waals surface area contributed by atoms with Crippen LogP contribution >= 0.6 is 0 Å². The SMILES string of the molecule is C=CCc1c(F)c(-c2c(F)c(F)c(CCCCCCCCCCCF)c(F)c2F)c(F)c(F)c1C(=O)ON1C(=O)CCC1O. The van der Waals surface area contributed by atoms with Crippen LogP contribution in [-0.2, 0) is 22.5 Å². The number of aliphatic hydroxyl groups is 1. The Morgan fingerprint density at radius 1 is 0.773 bits per heavy atom. The first-order valence-electron chi connectivity index (χ1n) is 14.4. The van der Waals surface area contributed by atoms with Gasteiger partial charge >= 0.3 is 5.97 Å². The van der Waals surface area contributed by atoms with Gasteiger partial charge in [0, 0.05) is 24.0 Å². The molecule has 1 aliphatic heterocycles. The van der Waals surface area contributed by atoms with Crippen molar-refractivity contribution in [3.8, 4) is 11.1 Å². The summed E-state index contributed by atoms with van der Waals surface area (Å²) < 4.78 is 119. The Hall–Kier alpha value is -3.48. The molecule has 0 spiro atoms. The highest BCUT2D eigenvalue weighted by atomic mass is 19.2. The third kappa shape index (κ3) is 7.59. The summed E-state index contributed by atoms with van der Waals surface area (Å²) in [7, 11) is 0. The molecule has 1 unspecified atom stereocenters.